The molecule has 0 spiro atoms. The Hall–Kier alpha value is 1.50. The first-order valence-corrected chi connectivity index (χ1v) is 5.97. The predicted molar refractivity (Wildman–Crippen MR) is 57.2 cm³/mol. The highest BCUT2D eigenvalue weighted by Gasteiger charge is 1.99. The van der Waals surface area contributed by atoms with Crippen molar-refractivity contribution in [1.82, 2.24) is 0 Å². The van der Waals surface area contributed by atoms with E-state index in [-0.39, 0.29) is 8.57 Å². The highest BCUT2D eigenvalue weighted by Crippen LogP contribution is 2.11. The zero-order valence-corrected chi connectivity index (χ0v) is 10.6. The fourth-order valence-electron chi connectivity index (χ4n) is 0.447. The van der Waals surface area contributed by atoms with Crippen molar-refractivity contribution in [2.45, 2.75) is 21.4 Å². The van der Waals surface area contributed by atoms with Crippen LogP contribution in [0.15, 0.2) is 0 Å². The van der Waals surface area contributed by atoms with E-state index >= 15 is 0 Å². The summed E-state index contributed by atoms with van der Waals surface area (Å²) >= 11 is 17.7. The molecule has 1 nitrogen and oxygen atoms in total. The van der Waals surface area contributed by atoms with Crippen molar-refractivity contribution in [3.8, 4) is 0 Å². The molecule has 0 aromatic heterocycles. The van der Waals surface area contributed by atoms with E-state index in [4.69, 9.17) is 27.9 Å². The summed E-state index contributed by atoms with van der Waals surface area (Å²) in [5, 5.41) is 0. The largest absolute Gasteiger partial charge is 0.381 e. The van der Waals surface area contributed by atoms with Gasteiger partial charge in [0.15, 0.2) is 0 Å². The first-order valence-electron chi connectivity index (χ1n) is 3.27. The predicted octanol–water partition coefficient (Wildman–Crippen LogP) is 3.70. The van der Waals surface area contributed by atoms with Crippen molar-refractivity contribution in [3.63, 3.8) is 0 Å². The Morgan fingerprint density at radius 1 is 1.00 bits per heavy atom. The fourth-order valence-corrected chi connectivity index (χ4v) is 0.999. The van der Waals surface area contributed by atoms with Crippen LogP contribution in [0, 0.1) is 0 Å². The molecule has 0 aliphatic carbocycles. The van der Waals surface area contributed by atoms with Gasteiger partial charge in [0.2, 0.25) is 0 Å². The van der Waals surface area contributed by atoms with Gasteiger partial charge in [-0.15, -0.1) is 23.2 Å². The molecule has 0 rings (SSSR count). The summed E-state index contributed by atoms with van der Waals surface area (Å²) in [5.74, 6) is 0. The summed E-state index contributed by atoms with van der Waals surface area (Å²) in [6.07, 6.45) is 1.63. The van der Waals surface area contributed by atoms with Gasteiger partial charge in [-0.2, -0.15) is 0 Å². The van der Waals surface area contributed by atoms with Gasteiger partial charge >= 0.3 is 0 Å². The molecule has 2 atom stereocenters. The van der Waals surface area contributed by atoms with Crippen LogP contribution >= 0.6 is 55.1 Å². The lowest BCUT2D eigenvalue weighted by molar-refractivity contribution is 0.134. The van der Waals surface area contributed by atoms with Crippen LogP contribution in [0.4, 0.5) is 0 Å². The summed E-state index contributed by atoms with van der Waals surface area (Å²) in [7, 11) is 0. The molecule has 0 heterocycles. The van der Waals surface area contributed by atoms with Gasteiger partial charge in [-0.05, 0) is 12.8 Å². The van der Waals surface area contributed by atoms with Gasteiger partial charge in [0.05, 0.1) is 8.57 Å². The van der Waals surface area contributed by atoms with Crippen LogP contribution in [0.3, 0.4) is 0 Å². The molecule has 5 heteroatoms. The highest BCUT2D eigenvalue weighted by molar-refractivity contribution is 9.10. The molecule has 68 valence electrons. The molecule has 0 N–H and O–H groups in total. The third-order valence-corrected chi connectivity index (χ3v) is 2.31. The summed E-state index contributed by atoms with van der Waals surface area (Å²) in [6.45, 7) is 1.35. The lowest BCUT2D eigenvalue weighted by Gasteiger charge is -2.04. The lowest BCUT2D eigenvalue weighted by Crippen LogP contribution is -2.02. The molecule has 0 radical (unpaired) electrons. The summed E-state index contributed by atoms with van der Waals surface area (Å²) in [6, 6.07) is 0. The van der Waals surface area contributed by atoms with E-state index in [1.807, 2.05) is 0 Å². The Morgan fingerprint density at radius 2 is 1.36 bits per heavy atom. The monoisotopic (exact) mass is 326 g/mol. The minimum atomic E-state index is 0.0123. The van der Waals surface area contributed by atoms with E-state index in [1.54, 1.807) is 0 Å². The minimum absolute atomic E-state index is 0.0123. The molecule has 2 unspecified atom stereocenters. The Balaban J connectivity index is 2.91. The third kappa shape index (κ3) is 11.5. The molecular formula is C6H10Br2Cl2O. The number of ether oxygens (including phenoxy) is 1. The van der Waals surface area contributed by atoms with E-state index < -0.39 is 0 Å². The van der Waals surface area contributed by atoms with E-state index in [0.717, 1.165) is 12.8 Å². The van der Waals surface area contributed by atoms with Crippen LogP contribution in [-0.2, 0) is 4.74 Å². The van der Waals surface area contributed by atoms with Crippen LogP contribution in [0.1, 0.15) is 12.8 Å². The van der Waals surface area contributed by atoms with Crippen LogP contribution in [0.5, 0.6) is 0 Å². The molecule has 0 aromatic carbocycles. The van der Waals surface area contributed by atoms with Crippen LogP contribution in [-0.4, -0.2) is 21.8 Å². The zero-order chi connectivity index (χ0) is 8.69. The zero-order valence-electron chi connectivity index (χ0n) is 5.90. The molecule has 0 fully saturated rings. The van der Waals surface area contributed by atoms with Crippen LogP contribution < -0.4 is 0 Å². The standard InChI is InChI=1S/C6H10Br2Cl2O/c7-5(9)1-3-11-4-2-6(8)10/h5-6H,1-4H2. The van der Waals surface area contributed by atoms with Crippen LogP contribution in [0.2, 0.25) is 0 Å². The van der Waals surface area contributed by atoms with E-state index in [9.17, 15) is 0 Å². The second-order valence-electron chi connectivity index (χ2n) is 1.97. The van der Waals surface area contributed by atoms with Crippen molar-refractivity contribution >= 4 is 55.1 Å². The number of rotatable bonds is 6. The topological polar surface area (TPSA) is 9.23 Å². The molecule has 0 saturated carbocycles. The van der Waals surface area contributed by atoms with E-state index in [0.29, 0.717) is 13.2 Å². The van der Waals surface area contributed by atoms with Crippen LogP contribution in [0.25, 0.3) is 0 Å². The minimum Gasteiger partial charge on any atom is -0.381 e. The molecule has 0 bridgehead atoms. The molecule has 0 aromatic rings. The SMILES string of the molecule is ClC(Br)CCOCCC(Cl)Br. The lowest BCUT2D eigenvalue weighted by atomic mass is 10.5. The molecule has 0 aliphatic heterocycles. The van der Waals surface area contributed by atoms with Gasteiger partial charge in [-0.1, -0.05) is 31.9 Å². The maximum Gasteiger partial charge on any atom is 0.0908 e. The second-order valence-corrected chi connectivity index (χ2v) is 6.29. The van der Waals surface area contributed by atoms with Gasteiger partial charge in [-0.25, -0.2) is 0 Å². The number of hydrogen-bond acceptors (Lipinski definition) is 1. The van der Waals surface area contributed by atoms with Gasteiger partial charge in [0, 0.05) is 13.2 Å². The second kappa shape index (κ2) is 8.11. The summed E-state index contributed by atoms with van der Waals surface area (Å²) < 4.78 is 5.25. The molecule has 0 aliphatic rings. The maximum absolute atomic E-state index is 5.62. The Kier molecular flexibility index (Phi) is 9.22. The Bertz CT molecular complexity index is 80.7. The Labute approximate surface area is 94.0 Å². The first kappa shape index (κ1) is 12.5. The average Bonchev–Trinajstić information content (AvgIpc) is 1.85. The van der Waals surface area contributed by atoms with Crippen molar-refractivity contribution in [2.75, 3.05) is 13.2 Å². The quantitative estimate of drug-likeness (QED) is 0.533. The van der Waals surface area contributed by atoms with Gasteiger partial charge in [-0.3, -0.25) is 0 Å². The highest BCUT2D eigenvalue weighted by atomic mass is 79.9. The first-order chi connectivity index (χ1) is 5.13. The summed E-state index contributed by atoms with van der Waals surface area (Å²) in [5.41, 5.74) is 0. The van der Waals surface area contributed by atoms with E-state index in [1.165, 1.54) is 0 Å². The Morgan fingerprint density at radius 3 is 1.64 bits per heavy atom. The van der Waals surface area contributed by atoms with E-state index in [2.05, 4.69) is 31.9 Å². The van der Waals surface area contributed by atoms with Crippen molar-refractivity contribution in [2.24, 2.45) is 0 Å². The number of alkyl halides is 4. The van der Waals surface area contributed by atoms with Gasteiger partial charge in [0.25, 0.3) is 0 Å². The smallest absolute Gasteiger partial charge is 0.0908 e. The molecule has 0 saturated heterocycles. The normalized spacial score (nSPS) is 16.4. The number of halogens is 4. The van der Waals surface area contributed by atoms with Crippen molar-refractivity contribution in [3.05, 3.63) is 0 Å². The molecular weight excluding hydrogens is 319 g/mol. The van der Waals surface area contributed by atoms with Crippen molar-refractivity contribution < 1.29 is 4.74 Å². The number of hydrogen-bond donors (Lipinski definition) is 0. The van der Waals surface area contributed by atoms with Gasteiger partial charge < -0.3 is 4.74 Å². The van der Waals surface area contributed by atoms with Crippen molar-refractivity contribution in [1.29, 1.82) is 0 Å². The molecule has 11 heavy (non-hydrogen) atoms. The maximum atomic E-state index is 5.62. The molecule has 0 amide bonds. The summed E-state index contributed by atoms with van der Waals surface area (Å²) in [4.78, 5) is 0. The fraction of sp³-hybridized carbons (Fsp3) is 1.00. The van der Waals surface area contributed by atoms with Gasteiger partial charge in [0.1, 0.15) is 0 Å². The average molecular weight is 329 g/mol. The third-order valence-electron chi connectivity index (χ3n) is 0.961.